The Morgan fingerprint density at radius 1 is 1.03 bits per heavy atom. The van der Waals surface area contributed by atoms with Crippen molar-refractivity contribution in [2.45, 2.75) is 12.8 Å². The number of nitrogens with zero attached hydrogens (tertiary/aromatic N) is 2. The lowest BCUT2D eigenvalue weighted by atomic mass is 10.1. The smallest absolute Gasteiger partial charge is 0.271 e. The number of hydrogen-bond donors (Lipinski definition) is 1. The van der Waals surface area contributed by atoms with Crippen molar-refractivity contribution in [1.29, 1.82) is 0 Å². The molecule has 4 rings (SSSR count). The molecule has 0 saturated carbocycles. The third-order valence-electron chi connectivity index (χ3n) is 5.23. The Kier molecular flexibility index (Phi) is 6.77. The third kappa shape index (κ3) is 5.07. The Bertz CT molecular complexity index is 975. The van der Waals surface area contributed by atoms with Gasteiger partial charge in [-0.25, -0.2) is 5.43 Å². The molecule has 1 amide bonds. The molecule has 1 aliphatic heterocycles. The summed E-state index contributed by atoms with van der Waals surface area (Å²) in [4.78, 5) is 14.7. The summed E-state index contributed by atoms with van der Waals surface area (Å²) in [5.41, 5.74) is 8.11. The van der Waals surface area contributed by atoms with Crippen molar-refractivity contribution in [3.8, 4) is 0 Å². The lowest BCUT2D eigenvalue weighted by Gasteiger charge is -2.31. The number of benzene rings is 2. The number of hydrogen-bond acceptors (Lipinski definition) is 4. The number of carbonyl (C=O) groups excluding carboxylic acids is 1. The number of hydrazone groups is 1. The van der Waals surface area contributed by atoms with Crippen LogP contribution in [0.1, 0.15) is 28.8 Å². The van der Waals surface area contributed by atoms with Gasteiger partial charge in [0, 0.05) is 28.8 Å². The maximum atomic E-state index is 12.3. The molecule has 0 spiro atoms. The highest BCUT2D eigenvalue weighted by molar-refractivity contribution is 9.10. The number of ether oxygens (including phenoxy) is 1. The first-order valence-electron chi connectivity index (χ1n) is 10.1. The van der Waals surface area contributed by atoms with Crippen LogP contribution in [-0.2, 0) is 4.74 Å². The fourth-order valence-electron chi connectivity index (χ4n) is 3.76. The van der Waals surface area contributed by atoms with E-state index >= 15 is 0 Å². The molecule has 6 heteroatoms. The molecule has 1 heterocycles. The number of morpholine rings is 1. The molecule has 5 nitrogen and oxygen atoms in total. The van der Waals surface area contributed by atoms with Crippen LogP contribution < -0.4 is 5.43 Å². The quantitative estimate of drug-likeness (QED) is 0.517. The Hall–Kier alpha value is -2.70. The second kappa shape index (κ2) is 9.87. The minimum absolute atomic E-state index is 0.217. The van der Waals surface area contributed by atoms with Crippen LogP contribution in [0.3, 0.4) is 0 Å². The predicted molar refractivity (Wildman–Crippen MR) is 123 cm³/mol. The average Bonchev–Trinajstić information content (AvgIpc) is 3.17. The average molecular weight is 466 g/mol. The lowest BCUT2D eigenvalue weighted by molar-refractivity contribution is 0.0548. The summed E-state index contributed by atoms with van der Waals surface area (Å²) in [6.45, 7) is 3.19. The van der Waals surface area contributed by atoms with E-state index in [1.807, 2.05) is 18.2 Å². The first-order valence-corrected chi connectivity index (χ1v) is 10.9. The van der Waals surface area contributed by atoms with Gasteiger partial charge >= 0.3 is 0 Å². The van der Waals surface area contributed by atoms with Crippen LogP contribution in [0.15, 0.2) is 81.0 Å². The van der Waals surface area contributed by atoms with Crippen molar-refractivity contribution in [2.24, 2.45) is 5.10 Å². The van der Waals surface area contributed by atoms with E-state index in [0.717, 1.165) is 49.2 Å². The van der Waals surface area contributed by atoms with E-state index in [1.54, 1.807) is 18.3 Å². The van der Waals surface area contributed by atoms with Gasteiger partial charge in [-0.2, -0.15) is 5.10 Å². The monoisotopic (exact) mass is 465 g/mol. The zero-order chi connectivity index (χ0) is 20.8. The summed E-state index contributed by atoms with van der Waals surface area (Å²) >= 11 is 3.38. The maximum Gasteiger partial charge on any atom is 0.271 e. The molecule has 2 aromatic carbocycles. The molecule has 0 atom stereocenters. The predicted octanol–water partition coefficient (Wildman–Crippen LogP) is 4.63. The summed E-state index contributed by atoms with van der Waals surface area (Å²) < 4.78 is 6.48. The van der Waals surface area contributed by atoms with Gasteiger partial charge in [-0.05, 0) is 59.9 Å². The van der Waals surface area contributed by atoms with Gasteiger partial charge in [0.2, 0.25) is 0 Å². The fraction of sp³-hybridized carbons (Fsp3) is 0.250. The van der Waals surface area contributed by atoms with Crippen LogP contribution in [0.25, 0.3) is 6.08 Å². The maximum absolute atomic E-state index is 12.3. The molecule has 2 aromatic rings. The topological polar surface area (TPSA) is 53.9 Å². The Labute approximate surface area is 185 Å². The summed E-state index contributed by atoms with van der Waals surface area (Å²) in [5, 5.41) is 4.26. The van der Waals surface area contributed by atoms with Crippen molar-refractivity contribution in [1.82, 2.24) is 10.3 Å². The van der Waals surface area contributed by atoms with E-state index in [0.29, 0.717) is 5.56 Å². The second-order valence-electron chi connectivity index (χ2n) is 7.26. The SMILES string of the molecule is O=C(N/N=C/C1=C(N2CCOCC2)C(=C\c2ccccc2)/CC1)c1ccc(Br)cc1. The standard InChI is InChI=1S/C24H24BrN3O2/c25-22-10-8-19(9-11-22)24(29)27-26-17-21-7-6-20(16-18-4-2-1-3-5-18)23(21)28-12-14-30-15-13-28/h1-5,8-11,16-17H,6-7,12-15H2,(H,27,29)/b20-16-,26-17+. The third-order valence-corrected chi connectivity index (χ3v) is 5.76. The van der Waals surface area contributed by atoms with Crippen LogP contribution in [0.4, 0.5) is 0 Å². The van der Waals surface area contributed by atoms with E-state index in [-0.39, 0.29) is 5.91 Å². The van der Waals surface area contributed by atoms with Gasteiger partial charge in [0.25, 0.3) is 5.91 Å². The van der Waals surface area contributed by atoms with E-state index in [4.69, 9.17) is 4.74 Å². The summed E-state index contributed by atoms with van der Waals surface area (Å²) in [6.07, 6.45) is 5.92. The highest BCUT2D eigenvalue weighted by Crippen LogP contribution is 2.34. The molecule has 154 valence electrons. The van der Waals surface area contributed by atoms with Crippen molar-refractivity contribution in [3.05, 3.63) is 87.0 Å². The summed E-state index contributed by atoms with van der Waals surface area (Å²) in [5.74, 6) is -0.217. The summed E-state index contributed by atoms with van der Waals surface area (Å²) in [6, 6.07) is 17.6. The normalized spacial score (nSPS) is 18.4. The number of nitrogens with one attached hydrogen (secondary N) is 1. The number of allylic oxidation sites excluding steroid dienone is 2. The zero-order valence-corrected chi connectivity index (χ0v) is 18.3. The highest BCUT2D eigenvalue weighted by atomic mass is 79.9. The van der Waals surface area contributed by atoms with E-state index in [2.05, 4.69) is 61.7 Å². The van der Waals surface area contributed by atoms with Crippen LogP contribution >= 0.6 is 15.9 Å². The first kappa shape index (κ1) is 20.6. The molecular weight excluding hydrogens is 442 g/mol. The molecule has 1 saturated heterocycles. The summed E-state index contributed by atoms with van der Waals surface area (Å²) in [7, 11) is 0. The number of halogens is 1. The van der Waals surface area contributed by atoms with Crippen LogP contribution in [0.5, 0.6) is 0 Å². The van der Waals surface area contributed by atoms with Crippen LogP contribution in [0.2, 0.25) is 0 Å². The minimum atomic E-state index is -0.217. The Balaban J connectivity index is 1.55. The number of amides is 1. The minimum Gasteiger partial charge on any atom is -0.378 e. The van der Waals surface area contributed by atoms with Crippen molar-refractivity contribution in [3.63, 3.8) is 0 Å². The zero-order valence-electron chi connectivity index (χ0n) is 16.7. The molecule has 0 bridgehead atoms. The Morgan fingerprint density at radius 2 is 1.77 bits per heavy atom. The molecular formula is C24H24BrN3O2. The van der Waals surface area contributed by atoms with E-state index < -0.39 is 0 Å². The van der Waals surface area contributed by atoms with E-state index in [1.165, 1.54) is 16.8 Å². The fourth-order valence-corrected chi connectivity index (χ4v) is 4.02. The van der Waals surface area contributed by atoms with Gasteiger partial charge < -0.3 is 9.64 Å². The Morgan fingerprint density at radius 3 is 2.50 bits per heavy atom. The largest absolute Gasteiger partial charge is 0.378 e. The van der Waals surface area contributed by atoms with Gasteiger partial charge in [-0.1, -0.05) is 46.3 Å². The highest BCUT2D eigenvalue weighted by Gasteiger charge is 2.25. The van der Waals surface area contributed by atoms with Gasteiger partial charge in [0.1, 0.15) is 0 Å². The van der Waals surface area contributed by atoms with E-state index in [9.17, 15) is 4.79 Å². The molecule has 0 aromatic heterocycles. The first-order chi connectivity index (χ1) is 14.7. The van der Waals surface area contributed by atoms with Gasteiger partial charge in [0.05, 0.1) is 19.4 Å². The van der Waals surface area contributed by atoms with Gasteiger partial charge in [-0.3, -0.25) is 4.79 Å². The second-order valence-corrected chi connectivity index (χ2v) is 8.18. The van der Waals surface area contributed by atoms with Crippen molar-refractivity contribution in [2.75, 3.05) is 26.3 Å². The molecule has 2 aliphatic rings. The van der Waals surface area contributed by atoms with Gasteiger partial charge in [0.15, 0.2) is 0 Å². The molecule has 30 heavy (non-hydrogen) atoms. The van der Waals surface area contributed by atoms with Crippen molar-refractivity contribution < 1.29 is 9.53 Å². The molecule has 1 aliphatic carbocycles. The molecule has 0 radical (unpaired) electrons. The molecule has 1 fully saturated rings. The molecule has 1 N–H and O–H groups in total. The van der Waals surface area contributed by atoms with Crippen LogP contribution in [0, 0.1) is 0 Å². The number of rotatable bonds is 5. The lowest BCUT2D eigenvalue weighted by Crippen LogP contribution is -2.36. The van der Waals surface area contributed by atoms with Gasteiger partial charge in [-0.15, -0.1) is 0 Å². The van der Waals surface area contributed by atoms with Crippen LogP contribution in [-0.4, -0.2) is 43.3 Å². The number of carbonyl (C=O) groups is 1. The van der Waals surface area contributed by atoms with Crippen molar-refractivity contribution >= 4 is 34.1 Å². The molecule has 0 unspecified atom stereocenters.